The van der Waals surface area contributed by atoms with Crippen LogP contribution in [-0.4, -0.2) is 40.4 Å². The lowest BCUT2D eigenvalue weighted by Gasteiger charge is -2.43. The van der Waals surface area contributed by atoms with Crippen molar-refractivity contribution in [3.8, 4) is 11.5 Å². The normalized spacial score (nSPS) is 18.6. The van der Waals surface area contributed by atoms with Crippen molar-refractivity contribution in [2.45, 2.75) is 19.9 Å². The Morgan fingerprint density at radius 2 is 1.94 bits per heavy atom. The van der Waals surface area contributed by atoms with Crippen LogP contribution in [0.5, 0.6) is 11.5 Å². The molecule has 34 heavy (non-hydrogen) atoms. The highest BCUT2D eigenvalue weighted by molar-refractivity contribution is 7.12. The van der Waals surface area contributed by atoms with Gasteiger partial charge in [0.1, 0.15) is 19.3 Å². The summed E-state index contributed by atoms with van der Waals surface area (Å²) < 4.78 is 36.3. The largest absolute Gasteiger partial charge is 0.502 e. The van der Waals surface area contributed by atoms with Gasteiger partial charge in [0, 0.05) is 34.1 Å². The Balaban J connectivity index is 1.84. The van der Waals surface area contributed by atoms with Crippen molar-refractivity contribution < 1.29 is 23.4 Å². The van der Waals surface area contributed by atoms with E-state index in [-0.39, 0.29) is 31.3 Å². The van der Waals surface area contributed by atoms with Gasteiger partial charge in [-0.25, -0.2) is 4.39 Å². The number of aromatic nitrogens is 1. The van der Waals surface area contributed by atoms with E-state index in [0.29, 0.717) is 5.56 Å². The van der Waals surface area contributed by atoms with Gasteiger partial charge in [0.25, 0.3) is 5.91 Å². The molecule has 3 aromatic rings. The fraction of sp³-hybridized carbons (Fsp3) is 0.250. The molecule has 1 atom stereocenters. The fourth-order valence-electron chi connectivity index (χ4n) is 4.24. The number of ether oxygens (including phenoxy) is 1. The van der Waals surface area contributed by atoms with E-state index < -0.39 is 34.8 Å². The SMILES string of the molecule is Cc1cc([C@@H]2c3ccc(F)c(F)c3OC/C=C\CN3CN2n2ccc(=O)c(O)c2C3=O)sc1C. The molecular weight excluding hydrogens is 464 g/mol. The Labute approximate surface area is 197 Å². The zero-order valence-corrected chi connectivity index (χ0v) is 19.2. The molecule has 5 rings (SSSR count). The second kappa shape index (κ2) is 8.28. The van der Waals surface area contributed by atoms with Crippen LogP contribution < -0.4 is 15.2 Å². The van der Waals surface area contributed by atoms with Crippen LogP contribution in [0.25, 0.3) is 0 Å². The highest BCUT2D eigenvalue weighted by Gasteiger charge is 2.38. The second-order valence-corrected chi connectivity index (χ2v) is 9.47. The van der Waals surface area contributed by atoms with E-state index in [9.17, 15) is 19.1 Å². The molecule has 0 unspecified atom stereocenters. The Morgan fingerprint density at radius 3 is 2.68 bits per heavy atom. The Hall–Kier alpha value is -3.66. The van der Waals surface area contributed by atoms with Crippen molar-refractivity contribution in [2.24, 2.45) is 0 Å². The monoisotopic (exact) mass is 485 g/mol. The molecule has 0 aliphatic carbocycles. The highest BCUT2D eigenvalue weighted by atomic mass is 32.1. The van der Waals surface area contributed by atoms with Crippen molar-refractivity contribution in [1.29, 1.82) is 0 Å². The summed E-state index contributed by atoms with van der Waals surface area (Å²) in [7, 11) is 0. The number of halogens is 2. The van der Waals surface area contributed by atoms with Crippen LogP contribution in [0.1, 0.15) is 37.4 Å². The molecule has 1 N–H and O–H groups in total. The zero-order chi connectivity index (χ0) is 24.1. The Bertz CT molecular complexity index is 1380. The molecule has 0 spiro atoms. The molecule has 0 saturated heterocycles. The van der Waals surface area contributed by atoms with Gasteiger partial charge in [-0.1, -0.05) is 6.08 Å². The number of carbonyl (C=O) groups is 1. The molecule has 2 bridgehead atoms. The summed E-state index contributed by atoms with van der Waals surface area (Å²) in [5.74, 6) is -3.55. The number of fused-ring (bicyclic) bond motifs is 5. The minimum atomic E-state index is -1.10. The predicted molar refractivity (Wildman–Crippen MR) is 123 cm³/mol. The molecule has 0 saturated carbocycles. The molecule has 1 amide bonds. The molecule has 2 aromatic heterocycles. The molecule has 2 aliphatic heterocycles. The molecule has 1 aromatic carbocycles. The number of thiophene rings is 1. The zero-order valence-electron chi connectivity index (χ0n) is 18.4. The number of nitrogens with zero attached hydrogens (tertiary/aromatic N) is 3. The summed E-state index contributed by atoms with van der Waals surface area (Å²) >= 11 is 1.49. The first-order valence-corrected chi connectivity index (χ1v) is 11.4. The van der Waals surface area contributed by atoms with Gasteiger partial charge in [-0.05, 0) is 43.7 Å². The number of hydrogen-bond donors (Lipinski definition) is 1. The molecule has 0 fully saturated rings. The van der Waals surface area contributed by atoms with E-state index in [4.69, 9.17) is 4.74 Å². The van der Waals surface area contributed by atoms with Crippen LogP contribution in [-0.2, 0) is 0 Å². The quantitative estimate of drug-likeness (QED) is 0.533. The number of carbonyl (C=O) groups excluding carboxylic acids is 1. The number of aromatic hydroxyl groups is 1. The number of aryl methyl sites for hydroxylation is 2. The third-order valence-electron chi connectivity index (χ3n) is 6.08. The van der Waals surface area contributed by atoms with Crippen LogP contribution in [0, 0.1) is 25.5 Å². The molecule has 176 valence electrons. The average Bonchev–Trinajstić information content (AvgIpc) is 3.12. The third-order valence-corrected chi connectivity index (χ3v) is 7.29. The second-order valence-electron chi connectivity index (χ2n) is 8.18. The lowest BCUT2D eigenvalue weighted by molar-refractivity contribution is 0.0701. The van der Waals surface area contributed by atoms with Crippen molar-refractivity contribution in [1.82, 2.24) is 9.58 Å². The molecule has 10 heteroatoms. The first-order valence-electron chi connectivity index (χ1n) is 10.6. The van der Waals surface area contributed by atoms with Gasteiger partial charge >= 0.3 is 0 Å². The number of amides is 1. The lowest BCUT2D eigenvalue weighted by Crippen LogP contribution is -2.55. The minimum Gasteiger partial charge on any atom is -0.502 e. The maximum Gasteiger partial charge on any atom is 0.278 e. The molecule has 2 aliphatic rings. The van der Waals surface area contributed by atoms with Gasteiger partial charge < -0.3 is 14.7 Å². The lowest BCUT2D eigenvalue weighted by atomic mass is 10.0. The maximum atomic E-state index is 15.0. The molecule has 0 radical (unpaired) electrons. The van der Waals surface area contributed by atoms with Crippen molar-refractivity contribution >= 4 is 17.2 Å². The van der Waals surface area contributed by atoms with Crippen molar-refractivity contribution in [2.75, 3.05) is 24.8 Å². The summed E-state index contributed by atoms with van der Waals surface area (Å²) in [6, 6.07) is 4.92. The highest BCUT2D eigenvalue weighted by Crippen LogP contribution is 2.41. The number of benzene rings is 1. The van der Waals surface area contributed by atoms with Gasteiger partial charge in [0.15, 0.2) is 23.0 Å². The molecule has 7 nitrogen and oxygen atoms in total. The van der Waals surface area contributed by atoms with Gasteiger partial charge in [0.2, 0.25) is 11.2 Å². The predicted octanol–water partition coefficient (Wildman–Crippen LogP) is 3.60. The van der Waals surface area contributed by atoms with E-state index in [1.54, 1.807) is 17.2 Å². The molecular formula is C24H21F2N3O4S. The van der Waals surface area contributed by atoms with Gasteiger partial charge in [-0.3, -0.25) is 19.3 Å². The van der Waals surface area contributed by atoms with E-state index in [2.05, 4.69) is 0 Å². The van der Waals surface area contributed by atoms with Crippen LogP contribution in [0.3, 0.4) is 0 Å². The third kappa shape index (κ3) is 3.45. The van der Waals surface area contributed by atoms with Crippen LogP contribution in [0.15, 0.2) is 47.4 Å². The van der Waals surface area contributed by atoms with E-state index >= 15 is 4.39 Å². The van der Waals surface area contributed by atoms with Gasteiger partial charge in [-0.2, -0.15) is 4.39 Å². The van der Waals surface area contributed by atoms with E-state index in [1.165, 1.54) is 33.2 Å². The summed E-state index contributed by atoms with van der Waals surface area (Å²) in [5, 5.41) is 12.3. The number of pyridine rings is 1. The Morgan fingerprint density at radius 1 is 1.15 bits per heavy atom. The van der Waals surface area contributed by atoms with E-state index in [0.717, 1.165) is 27.5 Å². The topological polar surface area (TPSA) is 75.0 Å². The van der Waals surface area contributed by atoms with Gasteiger partial charge in [0.05, 0.1) is 0 Å². The van der Waals surface area contributed by atoms with Gasteiger partial charge in [-0.15, -0.1) is 11.3 Å². The minimum absolute atomic E-state index is 0.0271. The summed E-state index contributed by atoms with van der Waals surface area (Å²) in [6.07, 6.45) is 4.68. The number of hydrogen-bond acceptors (Lipinski definition) is 6. The Kier molecular flexibility index (Phi) is 5.40. The van der Waals surface area contributed by atoms with Crippen LogP contribution in [0.4, 0.5) is 8.78 Å². The van der Waals surface area contributed by atoms with Crippen LogP contribution >= 0.6 is 11.3 Å². The number of rotatable bonds is 1. The fourth-order valence-corrected chi connectivity index (χ4v) is 5.41. The maximum absolute atomic E-state index is 15.0. The molecule has 4 heterocycles. The average molecular weight is 486 g/mol. The smallest absolute Gasteiger partial charge is 0.278 e. The standard InChI is InChI=1S/C24H21F2N3O4S/c1-13-11-18(34-14(13)2)20-15-5-6-16(25)19(26)23(15)33-10-4-3-8-27-12-29(20)28-9-7-17(30)22(31)21(28)24(27)32/h3-7,9,11,20,31H,8,10,12H2,1-2H3/b4-3-/t20-/m0/s1. The van der Waals surface area contributed by atoms with Crippen molar-refractivity contribution in [3.63, 3.8) is 0 Å². The summed E-state index contributed by atoms with van der Waals surface area (Å²) in [5.41, 5.74) is 0.506. The summed E-state index contributed by atoms with van der Waals surface area (Å²) in [6.45, 7) is 4.13. The van der Waals surface area contributed by atoms with E-state index in [1.807, 2.05) is 19.9 Å². The van der Waals surface area contributed by atoms with Crippen LogP contribution in [0.2, 0.25) is 0 Å². The van der Waals surface area contributed by atoms with Crippen molar-refractivity contribution in [3.05, 3.63) is 91.0 Å². The first-order chi connectivity index (χ1) is 16.3. The first kappa shape index (κ1) is 22.1. The summed E-state index contributed by atoms with van der Waals surface area (Å²) in [4.78, 5) is 28.7.